The first-order valence-electron chi connectivity index (χ1n) is 4.52. The maximum absolute atomic E-state index is 4.27. The summed E-state index contributed by atoms with van der Waals surface area (Å²) in [7, 11) is 0. The van der Waals surface area contributed by atoms with Crippen LogP contribution in [-0.2, 0) is 0 Å². The van der Waals surface area contributed by atoms with Crippen LogP contribution in [-0.4, -0.2) is 11.0 Å². The fourth-order valence-corrected chi connectivity index (χ4v) is 1.33. The summed E-state index contributed by atoms with van der Waals surface area (Å²) < 4.78 is 1.07. The van der Waals surface area contributed by atoms with Gasteiger partial charge in [0.15, 0.2) is 0 Å². The Hall–Kier alpha value is -0.570. The number of aryl methyl sites for hydroxylation is 1. The zero-order valence-corrected chi connectivity index (χ0v) is 9.85. The summed E-state index contributed by atoms with van der Waals surface area (Å²) in [5.41, 5.74) is 1.21. The molecule has 1 N–H and O–H groups in total. The van der Waals surface area contributed by atoms with Gasteiger partial charge in [0.2, 0.25) is 0 Å². The molecule has 0 amide bonds. The lowest BCUT2D eigenvalue weighted by molar-refractivity contribution is 0.758. The zero-order chi connectivity index (χ0) is 9.84. The molecule has 0 saturated carbocycles. The molecule has 0 aliphatic heterocycles. The first-order valence-corrected chi connectivity index (χ1v) is 5.32. The molecule has 3 heteroatoms. The average molecular weight is 243 g/mol. The van der Waals surface area contributed by atoms with E-state index in [1.165, 1.54) is 5.56 Å². The molecule has 13 heavy (non-hydrogen) atoms. The van der Waals surface area contributed by atoms with Crippen molar-refractivity contribution in [1.82, 2.24) is 4.98 Å². The van der Waals surface area contributed by atoms with Crippen LogP contribution in [0, 0.1) is 6.92 Å². The number of hydrogen-bond acceptors (Lipinski definition) is 2. The summed E-state index contributed by atoms with van der Waals surface area (Å²) in [6.45, 7) is 6.37. The Morgan fingerprint density at radius 1 is 1.62 bits per heavy atom. The first-order chi connectivity index (χ1) is 6.15. The van der Waals surface area contributed by atoms with Crippen LogP contribution in [0.5, 0.6) is 0 Å². The molecule has 1 atom stereocenters. The van der Waals surface area contributed by atoms with Crippen LogP contribution in [0.25, 0.3) is 0 Å². The average Bonchev–Trinajstić information content (AvgIpc) is 2.13. The molecule has 0 aromatic carbocycles. The van der Waals surface area contributed by atoms with Gasteiger partial charge in [-0.2, -0.15) is 0 Å². The smallest absolute Gasteiger partial charge is 0.140 e. The minimum Gasteiger partial charge on any atom is -0.367 e. The van der Waals surface area contributed by atoms with E-state index < -0.39 is 0 Å². The fourth-order valence-electron chi connectivity index (χ4n) is 0.976. The molecule has 0 saturated heterocycles. The van der Waals surface area contributed by atoms with Crippen molar-refractivity contribution in [3.05, 3.63) is 22.3 Å². The van der Waals surface area contributed by atoms with Crippen molar-refractivity contribution in [2.45, 2.75) is 33.2 Å². The molecule has 0 aliphatic rings. The predicted molar refractivity (Wildman–Crippen MR) is 60.0 cm³/mol. The fraction of sp³-hybridized carbons (Fsp3) is 0.500. The Balaban J connectivity index is 2.83. The molecule has 1 heterocycles. The molecule has 0 fully saturated rings. The van der Waals surface area contributed by atoms with Gasteiger partial charge in [-0.25, -0.2) is 4.98 Å². The quantitative estimate of drug-likeness (QED) is 0.880. The molecule has 0 bridgehead atoms. The molecule has 0 aliphatic carbocycles. The van der Waals surface area contributed by atoms with Crippen molar-refractivity contribution in [2.75, 3.05) is 5.32 Å². The molecule has 1 aromatic rings. The summed E-state index contributed by atoms with van der Waals surface area (Å²) in [5.74, 6) is 0.939. The van der Waals surface area contributed by atoms with Gasteiger partial charge in [-0.1, -0.05) is 6.92 Å². The van der Waals surface area contributed by atoms with E-state index in [2.05, 4.69) is 47.0 Å². The summed E-state index contributed by atoms with van der Waals surface area (Å²) in [6, 6.07) is 2.46. The zero-order valence-electron chi connectivity index (χ0n) is 8.26. The Morgan fingerprint density at radius 3 is 2.92 bits per heavy atom. The van der Waals surface area contributed by atoms with Gasteiger partial charge in [0.25, 0.3) is 0 Å². The summed E-state index contributed by atoms with van der Waals surface area (Å²) >= 11 is 3.51. The molecule has 1 rings (SSSR count). The SMILES string of the molecule is CCC(C)Nc1nccc(C)c1Br. The van der Waals surface area contributed by atoms with Crippen LogP contribution in [0.2, 0.25) is 0 Å². The summed E-state index contributed by atoms with van der Waals surface area (Å²) in [5, 5.41) is 3.34. The standard InChI is InChI=1S/C10H15BrN2/c1-4-8(3)13-10-9(11)7(2)5-6-12-10/h5-6,8H,4H2,1-3H3,(H,12,13). The van der Waals surface area contributed by atoms with Crippen molar-refractivity contribution in [1.29, 1.82) is 0 Å². The molecule has 0 spiro atoms. The van der Waals surface area contributed by atoms with E-state index in [0.717, 1.165) is 16.7 Å². The lowest BCUT2D eigenvalue weighted by atomic mass is 10.2. The molecule has 1 unspecified atom stereocenters. The van der Waals surface area contributed by atoms with E-state index in [1.807, 2.05) is 12.3 Å². The van der Waals surface area contributed by atoms with Crippen LogP contribution < -0.4 is 5.32 Å². The van der Waals surface area contributed by atoms with Crippen LogP contribution in [0.15, 0.2) is 16.7 Å². The van der Waals surface area contributed by atoms with E-state index >= 15 is 0 Å². The first kappa shape index (κ1) is 10.5. The number of nitrogens with one attached hydrogen (secondary N) is 1. The Morgan fingerprint density at radius 2 is 2.31 bits per heavy atom. The molecule has 72 valence electrons. The molecule has 1 aromatic heterocycles. The number of halogens is 1. The highest BCUT2D eigenvalue weighted by Crippen LogP contribution is 2.23. The largest absolute Gasteiger partial charge is 0.367 e. The number of aromatic nitrogens is 1. The number of nitrogens with zero attached hydrogens (tertiary/aromatic N) is 1. The summed E-state index contributed by atoms with van der Waals surface area (Å²) in [4.78, 5) is 4.27. The number of anilines is 1. The highest BCUT2D eigenvalue weighted by atomic mass is 79.9. The number of rotatable bonds is 3. The van der Waals surface area contributed by atoms with E-state index in [4.69, 9.17) is 0 Å². The minimum atomic E-state index is 0.464. The second kappa shape index (κ2) is 4.61. The molecule has 2 nitrogen and oxygen atoms in total. The monoisotopic (exact) mass is 242 g/mol. The Kier molecular flexibility index (Phi) is 3.72. The van der Waals surface area contributed by atoms with Gasteiger partial charge in [0.1, 0.15) is 5.82 Å². The highest BCUT2D eigenvalue weighted by molar-refractivity contribution is 9.10. The Labute approximate surface area is 87.9 Å². The van der Waals surface area contributed by atoms with Crippen LogP contribution >= 0.6 is 15.9 Å². The normalized spacial score (nSPS) is 12.6. The lowest BCUT2D eigenvalue weighted by Gasteiger charge is -2.13. The van der Waals surface area contributed by atoms with Gasteiger partial charge in [-0.3, -0.25) is 0 Å². The van der Waals surface area contributed by atoms with Crippen molar-refractivity contribution >= 4 is 21.7 Å². The Bertz CT molecular complexity index is 286. The second-order valence-corrected chi connectivity index (χ2v) is 4.04. The highest BCUT2D eigenvalue weighted by Gasteiger charge is 2.05. The summed E-state index contributed by atoms with van der Waals surface area (Å²) in [6.07, 6.45) is 2.92. The number of pyridine rings is 1. The van der Waals surface area contributed by atoms with Gasteiger partial charge in [0, 0.05) is 12.2 Å². The van der Waals surface area contributed by atoms with Crippen molar-refractivity contribution in [3.63, 3.8) is 0 Å². The number of hydrogen-bond donors (Lipinski definition) is 1. The minimum absolute atomic E-state index is 0.464. The third kappa shape index (κ3) is 2.69. The maximum Gasteiger partial charge on any atom is 0.140 e. The second-order valence-electron chi connectivity index (χ2n) is 3.24. The van der Waals surface area contributed by atoms with Gasteiger partial charge in [-0.15, -0.1) is 0 Å². The van der Waals surface area contributed by atoms with E-state index in [0.29, 0.717) is 6.04 Å². The van der Waals surface area contributed by atoms with E-state index in [-0.39, 0.29) is 0 Å². The van der Waals surface area contributed by atoms with Crippen LogP contribution in [0.1, 0.15) is 25.8 Å². The van der Waals surface area contributed by atoms with Crippen LogP contribution in [0.4, 0.5) is 5.82 Å². The van der Waals surface area contributed by atoms with Crippen LogP contribution in [0.3, 0.4) is 0 Å². The molecule has 0 radical (unpaired) electrons. The molecular weight excluding hydrogens is 228 g/mol. The van der Waals surface area contributed by atoms with Gasteiger partial charge in [0.05, 0.1) is 4.47 Å². The van der Waals surface area contributed by atoms with Crippen molar-refractivity contribution in [2.24, 2.45) is 0 Å². The van der Waals surface area contributed by atoms with Gasteiger partial charge >= 0.3 is 0 Å². The van der Waals surface area contributed by atoms with Gasteiger partial charge < -0.3 is 5.32 Å². The van der Waals surface area contributed by atoms with E-state index in [9.17, 15) is 0 Å². The topological polar surface area (TPSA) is 24.9 Å². The third-order valence-corrected chi connectivity index (χ3v) is 3.08. The third-order valence-electron chi connectivity index (χ3n) is 2.08. The molecular formula is C10H15BrN2. The van der Waals surface area contributed by atoms with Gasteiger partial charge in [-0.05, 0) is 47.8 Å². The maximum atomic E-state index is 4.27. The predicted octanol–water partition coefficient (Wildman–Crippen LogP) is 3.36. The van der Waals surface area contributed by atoms with Crippen molar-refractivity contribution < 1.29 is 0 Å². The lowest BCUT2D eigenvalue weighted by Crippen LogP contribution is -2.14. The van der Waals surface area contributed by atoms with Crippen molar-refractivity contribution in [3.8, 4) is 0 Å². The van der Waals surface area contributed by atoms with E-state index in [1.54, 1.807) is 0 Å².